The van der Waals surface area contributed by atoms with Crippen LogP contribution in [0.1, 0.15) is 31.7 Å². The summed E-state index contributed by atoms with van der Waals surface area (Å²) in [7, 11) is 3.19. The molecule has 0 N–H and O–H groups in total. The van der Waals surface area contributed by atoms with Crippen LogP contribution in [0.3, 0.4) is 0 Å². The molecule has 0 aliphatic rings. The first kappa shape index (κ1) is 18.1. The van der Waals surface area contributed by atoms with E-state index in [2.05, 4.69) is 6.92 Å². The second-order valence-electron chi connectivity index (χ2n) is 3.86. The van der Waals surface area contributed by atoms with Crippen molar-refractivity contribution in [1.82, 2.24) is 0 Å². The molecule has 0 aliphatic heterocycles. The van der Waals surface area contributed by atoms with E-state index in [1.165, 1.54) is 12.8 Å². The van der Waals surface area contributed by atoms with Gasteiger partial charge in [0.05, 0.1) is 14.2 Å². The minimum atomic E-state index is 0. The van der Waals surface area contributed by atoms with E-state index in [1.807, 2.05) is 6.07 Å². The molecule has 0 fully saturated rings. The van der Waals surface area contributed by atoms with Crippen LogP contribution in [-0.2, 0) is 6.42 Å². The second kappa shape index (κ2) is 9.98. The molecule has 0 amide bonds. The minimum Gasteiger partial charge on any atom is -0.795 e. The largest absolute Gasteiger partial charge is 1.00 e. The SMILES string of the molecule is CCCCCc1cc(OC)cc(OC)c1S[O-].[Na+]. The monoisotopic (exact) mass is 278 g/mol. The van der Waals surface area contributed by atoms with E-state index in [1.54, 1.807) is 20.3 Å². The smallest absolute Gasteiger partial charge is 0.795 e. The van der Waals surface area contributed by atoms with Gasteiger partial charge < -0.3 is 14.0 Å². The van der Waals surface area contributed by atoms with Crippen molar-refractivity contribution < 1.29 is 43.6 Å². The third-order valence-electron chi connectivity index (χ3n) is 2.69. The molecule has 96 valence electrons. The molecule has 5 heteroatoms. The van der Waals surface area contributed by atoms with Gasteiger partial charge in [-0.2, -0.15) is 0 Å². The van der Waals surface area contributed by atoms with Crippen molar-refractivity contribution in [1.29, 1.82) is 0 Å². The normalized spacial score (nSPS) is 9.78. The van der Waals surface area contributed by atoms with E-state index in [-0.39, 0.29) is 29.6 Å². The molecule has 1 aromatic carbocycles. The second-order valence-corrected chi connectivity index (χ2v) is 4.43. The van der Waals surface area contributed by atoms with Gasteiger partial charge in [0, 0.05) is 11.0 Å². The summed E-state index contributed by atoms with van der Waals surface area (Å²) >= 11 is 0.493. The van der Waals surface area contributed by atoms with Crippen LogP contribution >= 0.6 is 12.0 Å². The van der Waals surface area contributed by atoms with Gasteiger partial charge in [-0.1, -0.05) is 19.8 Å². The molecular formula is C13H19NaO3S. The van der Waals surface area contributed by atoms with E-state index >= 15 is 0 Å². The molecule has 0 atom stereocenters. The van der Waals surface area contributed by atoms with Crippen LogP contribution in [0.4, 0.5) is 0 Å². The summed E-state index contributed by atoms with van der Waals surface area (Å²) in [5, 5.41) is 0. The van der Waals surface area contributed by atoms with Crippen LogP contribution in [-0.4, -0.2) is 18.8 Å². The number of hydrogen-bond acceptors (Lipinski definition) is 4. The summed E-state index contributed by atoms with van der Waals surface area (Å²) in [5.74, 6) is 1.35. The Morgan fingerprint density at radius 3 is 2.39 bits per heavy atom. The van der Waals surface area contributed by atoms with Gasteiger partial charge in [-0.05, 0) is 24.5 Å². The van der Waals surface area contributed by atoms with Gasteiger partial charge in [0.2, 0.25) is 0 Å². The molecule has 0 unspecified atom stereocenters. The summed E-state index contributed by atoms with van der Waals surface area (Å²) in [6.45, 7) is 2.16. The Morgan fingerprint density at radius 1 is 1.17 bits per heavy atom. The van der Waals surface area contributed by atoms with Gasteiger partial charge >= 0.3 is 29.6 Å². The summed E-state index contributed by atoms with van der Waals surface area (Å²) < 4.78 is 21.6. The number of benzene rings is 1. The van der Waals surface area contributed by atoms with Gasteiger partial charge in [0.25, 0.3) is 0 Å². The molecule has 0 saturated carbocycles. The van der Waals surface area contributed by atoms with E-state index in [4.69, 9.17) is 9.47 Å². The predicted octanol–water partition coefficient (Wildman–Crippen LogP) is 0.663. The van der Waals surface area contributed by atoms with Gasteiger partial charge in [-0.15, -0.1) is 0 Å². The molecule has 1 aromatic rings. The fourth-order valence-corrected chi connectivity index (χ4v) is 2.24. The topological polar surface area (TPSA) is 41.5 Å². The van der Waals surface area contributed by atoms with Crippen molar-refractivity contribution in [3.8, 4) is 11.5 Å². The first-order chi connectivity index (χ1) is 8.26. The van der Waals surface area contributed by atoms with Crippen molar-refractivity contribution in [2.24, 2.45) is 0 Å². The third-order valence-corrected chi connectivity index (χ3v) is 3.32. The molecule has 3 nitrogen and oxygen atoms in total. The van der Waals surface area contributed by atoms with Crippen molar-refractivity contribution in [3.05, 3.63) is 17.7 Å². The summed E-state index contributed by atoms with van der Waals surface area (Å²) in [6, 6.07) is 3.68. The molecule has 0 spiro atoms. The van der Waals surface area contributed by atoms with E-state index in [0.717, 1.165) is 24.2 Å². The van der Waals surface area contributed by atoms with Gasteiger partial charge in [0.15, 0.2) is 0 Å². The fraction of sp³-hybridized carbons (Fsp3) is 0.538. The van der Waals surface area contributed by atoms with Crippen LogP contribution in [0.2, 0.25) is 0 Å². The van der Waals surface area contributed by atoms with Crippen molar-refractivity contribution in [2.75, 3.05) is 14.2 Å². The van der Waals surface area contributed by atoms with Crippen LogP contribution in [0.25, 0.3) is 0 Å². The average molecular weight is 278 g/mol. The number of ether oxygens (including phenoxy) is 2. The molecule has 0 heterocycles. The maximum absolute atomic E-state index is 11.2. The molecule has 0 radical (unpaired) electrons. The average Bonchev–Trinajstić information content (AvgIpc) is 2.37. The predicted molar refractivity (Wildman–Crippen MR) is 69.4 cm³/mol. The van der Waals surface area contributed by atoms with Crippen LogP contribution in [0, 0.1) is 0 Å². The van der Waals surface area contributed by atoms with Crippen LogP contribution < -0.4 is 39.0 Å². The fourth-order valence-electron chi connectivity index (χ4n) is 1.75. The molecule has 0 saturated heterocycles. The van der Waals surface area contributed by atoms with Crippen molar-refractivity contribution in [2.45, 2.75) is 37.5 Å². The quantitative estimate of drug-likeness (QED) is 0.417. The van der Waals surface area contributed by atoms with Gasteiger partial charge in [-0.3, -0.25) is 0 Å². The molecule has 0 aliphatic carbocycles. The standard InChI is InChI=1S/C13H20O3S.Na/c1-4-5-6-7-10-8-11(15-2)9-12(16-3)13(10)17-14;/h8-9,14H,4-7H2,1-3H3;/q;+1/p-1. The molecule has 0 aromatic heterocycles. The first-order valence-electron chi connectivity index (χ1n) is 5.81. The number of unbranched alkanes of at least 4 members (excludes halogenated alkanes) is 2. The van der Waals surface area contributed by atoms with Crippen molar-refractivity contribution in [3.63, 3.8) is 0 Å². The van der Waals surface area contributed by atoms with E-state index in [9.17, 15) is 4.55 Å². The first-order valence-corrected chi connectivity index (χ1v) is 6.55. The summed E-state index contributed by atoms with van der Waals surface area (Å²) in [4.78, 5) is 0.685. The molecule has 18 heavy (non-hydrogen) atoms. The molecule has 0 bridgehead atoms. The van der Waals surface area contributed by atoms with Gasteiger partial charge in [0.1, 0.15) is 11.5 Å². The summed E-state index contributed by atoms with van der Waals surface area (Å²) in [5.41, 5.74) is 1.02. The Labute approximate surface area is 136 Å². The van der Waals surface area contributed by atoms with Gasteiger partial charge in [-0.25, -0.2) is 12.0 Å². The van der Waals surface area contributed by atoms with Crippen molar-refractivity contribution >= 4 is 12.0 Å². The van der Waals surface area contributed by atoms with E-state index < -0.39 is 0 Å². The zero-order valence-electron chi connectivity index (χ0n) is 11.6. The Kier molecular flexibility index (Phi) is 10.1. The number of methoxy groups -OCH3 is 2. The maximum atomic E-state index is 11.2. The zero-order chi connectivity index (χ0) is 12.7. The molecule has 1 rings (SSSR count). The Balaban J connectivity index is 0.00000289. The summed E-state index contributed by atoms with van der Waals surface area (Å²) in [6.07, 6.45) is 4.32. The van der Waals surface area contributed by atoms with Crippen LogP contribution in [0.15, 0.2) is 17.0 Å². The number of rotatable bonds is 7. The zero-order valence-corrected chi connectivity index (χ0v) is 14.4. The Bertz CT molecular complexity index is 358. The minimum absolute atomic E-state index is 0. The maximum Gasteiger partial charge on any atom is 1.00 e. The number of aryl methyl sites for hydroxylation is 1. The Hall–Kier alpha value is 0.130. The Morgan fingerprint density at radius 2 is 1.89 bits per heavy atom. The molecular weight excluding hydrogens is 259 g/mol. The third kappa shape index (κ3) is 5.02. The number of hydrogen-bond donors (Lipinski definition) is 0. The van der Waals surface area contributed by atoms with Crippen LogP contribution in [0.5, 0.6) is 11.5 Å². The van der Waals surface area contributed by atoms with E-state index in [0.29, 0.717) is 22.7 Å².